The number of hydrogen-bond donors (Lipinski definition) is 0. The van der Waals surface area contributed by atoms with Crippen LogP contribution >= 0.6 is 32.9 Å². The highest BCUT2D eigenvalue weighted by Gasteiger charge is 2.08. The number of hydrogen-bond acceptors (Lipinski definition) is 1. The van der Waals surface area contributed by atoms with Crippen molar-refractivity contribution in [3.63, 3.8) is 0 Å². The van der Waals surface area contributed by atoms with E-state index >= 15 is 0 Å². The molecule has 1 saturated heterocycles. The van der Waals surface area contributed by atoms with Crippen LogP contribution in [-0.2, 0) is 0 Å². The minimum atomic E-state index is 0. The zero-order valence-corrected chi connectivity index (χ0v) is 11.6. The predicted octanol–water partition coefficient (Wildman–Crippen LogP) is 3.62. The molecule has 0 aromatic heterocycles. The normalized spacial score (nSPS) is 18.2. The third-order valence-electron chi connectivity index (χ3n) is 2.56. The second-order valence-corrected chi connectivity index (χ2v) is 4.44. The summed E-state index contributed by atoms with van der Waals surface area (Å²) in [4.78, 5) is 2.62. The fraction of sp³-hybridized carbons (Fsp3) is 1.00. The van der Waals surface area contributed by atoms with E-state index in [-0.39, 0.29) is 17.0 Å². The fourth-order valence-corrected chi connectivity index (χ4v) is 2.19. The molecule has 1 aliphatic rings. The van der Waals surface area contributed by atoms with Gasteiger partial charge in [-0.15, -0.1) is 17.0 Å². The lowest BCUT2D eigenvalue weighted by molar-refractivity contribution is 0.225. The molecule has 0 spiro atoms. The van der Waals surface area contributed by atoms with Gasteiger partial charge in [0.1, 0.15) is 0 Å². The first-order valence-corrected chi connectivity index (χ1v) is 6.34. The summed E-state index contributed by atoms with van der Waals surface area (Å²) in [6.45, 7) is 4.05. The number of likely N-dealkylation sites (tertiary alicyclic amines) is 1. The van der Waals surface area contributed by atoms with Gasteiger partial charge in [-0.1, -0.05) is 28.8 Å². The molecule has 0 radical (unpaired) electrons. The monoisotopic (exact) mass is 313 g/mol. The number of nitrogens with zero attached hydrogens (tertiary/aromatic N) is 1. The summed E-state index contributed by atoms with van der Waals surface area (Å²) in [5.74, 6) is 0. The Bertz CT molecular complexity index is 103. The molecule has 80 valence electrons. The van der Waals surface area contributed by atoms with Crippen LogP contribution < -0.4 is 0 Å². The lowest BCUT2D eigenvalue weighted by Crippen LogP contribution is -2.30. The zero-order valence-electron chi connectivity index (χ0n) is 8.30. The molecule has 1 heterocycles. The molecule has 0 amide bonds. The van der Waals surface area contributed by atoms with E-state index < -0.39 is 0 Å². The van der Waals surface area contributed by atoms with Gasteiger partial charge in [0.05, 0.1) is 0 Å². The van der Waals surface area contributed by atoms with Gasteiger partial charge in [-0.2, -0.15) is 0 Å². The highest BCUT2D eigenvalue weighted by molar-refractivity contribution is 9.09. The first kappa shape index (κ1) is 13.9. The molecule has 1 fully saturated rings. The van der Waals surface area contributed by atoms with Crippen LogP contribution in [-0.4, -0.2) is 29.9 Å². The van der Waals surface area contributed by atoms with Gasteiger partial charge in [0.25, 0.3) is 0 Å². The van der Waals surface area contributed by atoms with Gasteiger partial charge in [-0.3, -0.25) is 0 Å². The fourth-order valence-electron chi connectivity index (χ4n) is 1.79. The third-order valence-corrected chi connectivity index (χ3v) is 3.12. The molecule has 0 atom stereocenters. The molecule has 0 aromatic carbocycles. The number of piperidine rings is 1. The van der Waals surface area contributed by atoms with Crippen LogP contribution in [0.5, 0.6) is 0 Å². The Hall–Kier alpha value is 0.920. The predicted molar refractivity (Wildman–Crippen MR) is 68.3 cm³/mol. The van der Waals surface area contributed by atoms with E-state index in [1.807, 2.05) is 0 Å². The third kappa shape index (κ3) is 6.92. The first-order valence-electron chi connectivity index (χ1n) is 5.22. The van der Waals surface area contributed by atoms with Gasteiger partial charge >= 0.3 is 0 Å². The van der Waals surface area contributed by atoms with Crippen LogP contribution in [0.3, 0.4) is 0 Å². The Morgan fingerprint density at radius 3 is 2.23 bits per heavy atom. The van der Waals surface area contributed by atoms with E-state index in [0.717, 1.165) is 0 Å². The quantitative estimate of drug-likeness (QED) is 0.553. The van der Waals surface area contributed by atoms with E-state index in [0.29, 0.717) is 0 Å². The molecule has 0 saturated carbocycles. The summed E-state index contributed by atoms with van der Waals surface area (Å²) in [7, 11) is 0. The van der Waals surface area contributed by atoms with Crippen molar-refractivity contribution in [1.29, 1.82) is 0 Å². The van der Waals surface area contributed by atoms with Crippen molar-refractivity contribution >= 4 is 32.9 Å². The molecule has 1 nitrogen and oxygen atoms in total. The molecule has 1 aliphatic heterocycles. The second kappa shape index (κ2) is 9.47. The number of rotatable bonds is 5. The molecule has 0 aliphatic carbocycles. The van der Waals surface area contributed by atoms with E-state index in [9.17, 15) is 0 Å². The largest absolute Gasteiger partial charge is 0.303 e. The zero-order chi connectivity index (χ0) is 8.65. The van der Waals surface area contributed by atoms with E-state index in [2.05, 4.69) is 20.8 Å². The maximum absolute atomic E-state index is 3.46. The standard InChI is InChI=1S/C10H20BrN.BrH/c11-7-3-1-4-8-12-9-5-2-6-10-12;/h1-10H2;1H. The summed E-state index contributed by atoms with van der Waals surface area (Å²) >= 11 is 3.46. The van der Waals surface area contributed by atoms with Gasteiger partial charge in [0, 0.05) is 5.33 Å². The number of alkyl halides is 1. The summed E-state index contributed by atoms with van der Waals surface area (Å²) in [5, 5.41) is 1.17. The average Bonchev–Trinajstić information content (AvgIpc) is 2.14. The summed E-state index contributed by atoms with van der Waals surface area (Å²) < 4.78 is 0. The van der Waals surface area contributed by atoms with E-state index in [1.165, 1.54) is 63.5 Å². The van der Waals surface area contributed by atoms with Crippen molar-refractivity contribution in [2.45, 2.75) is 38.5 Å². The van der Waals surface area contributed by atoms with Crippen molar-refractivity contribution in [2.75, 3.05) is 25.0 Å². The summed E-state index contributed by atoms with van der Waals surface area (Å²) in [5.41, 5.74) is 0. The summed E-state index contributed by atoms with van der Waals surface area (Å²) in [6.07, 6.45) is 8.44. The van der Waals surface area contributed by atoms with Gasteiger partial charge in [-0.05, 0) is 45.3 Å². The van der Waals surface area contributed by atoms with Gasteiger partial charge in [0.2, 0.25) is 0 Å². The maximum Gasteiger partial charge on any atom is 0.00313 e. The molecule has 0 unspecified atom stereocenters. The highest BCUT2D eigenvalue weighted by atomic mass is 79.9. The van der Waals surface area contributed by atoms with Crippen LogP contribution in [0.25, 0.3) is 0 Å². The Kier molecular flexibility index (Phi) is 10.1. The van der Waals surface area contributed by atoms with Gasteiger partial charge < -0.3 is 4.90 Å². The van der Waals surface area contributed by atoms with Crippen LogP contribution in [0.15, 0.2) is 0 Å². The van der Waals surface area contributed by atoms with Crippen LogP contribution in [0.2, 0.25) is 0 Å². The molecule has 3 heteroatoms. The highest BCUT2D eigenvalue weighted by Crippen LogP contribution is 2.09. The molecule has 1 rings (SSSR count). The maximum atomic E-state index is 3.46. The smallest absolute Gasteiger partial charge is 0.00313 e. The minimum Gasteiger partial charge on any atom is -0.303 e. The summed E-state index contributed by atoms with van der Waals surface area (Å²) in [6, 6.07) is 0. The topological polar surface area (TPSA) is 3.24 Å². The molecule has 13 heavy (non-hydrogen) atoms. The number of halogens is 2. The minimum absolute atomic E-state index is 0. The number of unbranched alkanes of at least 4 members (excludes halogenated alkanes) is 2. The van der Waals surface area contributed by atoms with Crippen molar-refractivity contribution in [1.82, 2.24) is 4.90 Å². The molecule has 0 aromatic rings. The Morgan fingerprint density at radius 2 is 1.62 bits per heavy atom. The van der Waals surface area contributed by atoms with E-state index in [1.54, 1.807) is 0 Å². The van der Waals surface area contributed by atoms with Crippen LogP contribution in [0.4, 0.5) is 0 Å². The molecule has 0 bridgehead atoms. The Balaban J connectivity index is 0.00000144. The lowest BCUT2D eigenvalue weighted by Gasteiger charge is -2.26. The molecular formula is C10H21Br2N. The Labute approximate surface area is 101 Å². The lowest BCUT2D eigenvalue weighted by atomic mass is 10.1. The van der Waals surface area contributed by atoms with Crippen molar-refractivity contribution in [3.8, 4) is 0 Å². The SMILES string of the molecule is Br.BrCCCCCN1CCCCC1. The first-order chi connectivity index (χ1) is 5.93. The van der Waals surface area contributed by atoms with Crippen LogP contribution in [0.1, 0.15) is 38.5 Å². The Morgan fingerprint density at radius 1 is 0.923 bits per heavy atom. The average molecular weight is 315 g/mol. The van der Waals surface area contributed by atoms with Crippen molar-refractivity contribution < 1.29 is 0 Å². The van der Waals surface area contributed by atoms with Gasteiger partial charge in [0.15, 0.2) is 0 Å². The van der Waals surface area contributed by atoms with Crippen molar-refractivity contribution in [3.05, 3.63) is 0 Å². The van der Waals surface area contributed by atoms with Crippen LogP contribution in [0, 0.1) is 0 Å². The van der Waals surface area contributed by atoms with E-state index in [4.69, 9.17) is 0 Å². The molecule has 0 N–H and O–H groups in total. The molecular weight excluding hydrogens is 294 g/mol. The van der Waals surface area contributed by atoms with Gasteiger partial charge in [-0.25, -0.2) is 0 Å². The van der Waals surface area contributed by atoms with Crippen molar-refractivity contribution in [2.24, 2.45) is 0 Å². The second-order valence-electron chi connectivity index (χ2n) is 3.65.